The van der Waals surface area contributed by atoms with Crippen LogP contribution in [0.3, 0.4) is 0 Å². The molecule has 10 heteroatoms. The fourth-order valence-corrected chi connectivity index (χ4v) is 3.45. The van der Waals surface area contributed by atoms with Crippen molar-refractivity contribution in [3.63, 3.8) is 0 Å². The molecule has 6 nitrogen and oxygen atoms in total. The van der Waals surface area contributed by atoms with Gasteiger partial charge in [-0.1, -0.05) is 52.0 Å². The van der Waals surface area contributed by atoms with E-state index >= 15 is 0 Å². The van der Waals surface area contributed by atoms with E-state index in [0.717, 1.165) is 0 Å². The molecule has 0 spiro atoms. The second-order valence-corrected chi connectivity index (χ2v) is 9.40. The highest BCUT2D eigenvalue weighted by atomic mass is 19.2. The highest BCUT2D eigenvalue weighted by Gasteiger charge is 2.30. The zero-order valence-electron chi connectivity index (χ0n) is 21.3. The molecule has 0 bridgehead atoms. The molecule has 3 aromatic carbocycles. The van der Waals surface area contributed by atoms with Crippen LogP contribution in [-0.4, -0.2) is 11.8 Å². The number of carbonyl (C=O) groups excluding carboxylic acids is 2. The number of hydrogen-bond acceptors (Lipinski definition) is 4. The number of rotatable bonds is 10. The first-order valence-corrected chi connectivity index (χ1v) is 12.0. The van der Waals surface area contributed by atoms with Crippen LogP contribution in [-0.2, 0) is 9.59 Å². The Morgan fingerprint density at radius 3 is 1.26 bits per heavy atom. The van der Waals surface area contributed by atoms with E-state index in [9.17, 15) is 27.2 Å². The molecule has 0 aliphatic rings. The Morgan fingerprint density at radius 2 is 0.947 bits per heavy atom. The minimum Gasteiger partial charge on any atom is -0.449 e. The SMILES string of the molecule is CC(C)CC(=O)Nc1ccccc1Oc1c(F)c(F)c(Oc2ccccc2NC(=O)CC(C)C)c(F)c1F. The lowest BCUT2D eigenvalue weighted by atomic mass is 10.1. The summed E-state index contributed by atoms with van der Waals surface area (Å²) in [4.78, 5) is 24.3. The van der Waals surface area contributed by atoms with Crippen LogP contribution in [0.5, 0.6) is 23.0 Å². The van der Waals surface area contributed by atoms with E-state index < -0.39 is 34.8 Å². The molecule has 0 radical (unpaired) electrons. The smallest absolute Gasteiger partial charge is 0.224 e. The van der Waals surface area contributed by atoms with E-state index in [0.29, 0.717) is 0 Å². The topological polar surface area (TPSA) is 76.7 Å². The van der Waals surface area contributed by atoms with Gasteiger partial charge in [-0.15, -0.1) is 0 Å². The summed E-state index contributed by atoms with van der Waals surface area (Å²) in [5.74, 6) is -11.2. The van der Waals surface area contributed by atoms with E-state index in [2.05, 4.69) is 10.6 Å². The van der Waals surface area contributed by atoms with Crippen LogP contribution in [0, 0.1) is 35.1 Å². The summed E-state index contributed by atoms with van der Waals surface area (Å²) in [7, 11) is 0. The van der Waals surface area contributed by atoms with Crippen LogP contribution in [0.4, 0.5) is 28.9 Å². The van der Waals surface area contributed by atoms with Crippen molar-refractivity contribution in [3.05, 3.63) is 71.8 Å². The molecular weight excluding hydrogens is 504 g/mol. The maximum Gasteiger partial charge on any atom is 0.224 e. The molecule has 0 heterocycles. The third-order valence-electron chi connectivity index (χ3n) is 5.12. The van der Waals surface area contributed by atoms with E-state index in [4.69, 9.17) is 9.47 Å². The fourth-order valence-electron chi connectivity index (χ4n) is 3.45. The van der Waals surface area contributed by atoms with Crippen molar-refractivity contribution < 1.29 is 36.6 Å². The number of amides is 2. The quantitative estimate of drug-likeness (QED) is 0.206. The predicted octanol–water partition coefficient (Wildman–Crippen LogP) is 7.80. The van der Waals surface area contributed by atoms with Gasteiger partial charge in [0.25, 0.3) is 0 Å². The van der Waals surface area contributed by atoms with E-state index in [1.54, 1.807) is 12.1 Å². The number of nitrogens with one attached hydrogen (secondary N) is 2. The Morgan fingerprint density at radius 1 is 0.632 bits per heavy atom. The molecule has 0 fully saturated rings. The molecule has 202 valence electrons. The van der Waals surface area contributed by atoms with Gasteiger partial charge < -0.3 is 20.1 Å². The van der Waals surface area contributed by atoms with Gasteiger partial charge in [0.05, 0.1) is 11.4 Å². The van der Waals surface area contributed by atoms with E-state index in [-0.39, 0.29) is 59.4 Å². The Bertz CT molecular complexity index is 1200. The third kappa shape index (κ3) is 7.02. The van der Waals surface area contributed by atoms with Gasteiger partial charge in [0, 0.05) is 12.8 Å². The number of ether oxygens (including phenoxy) is 2. The van der Waals surface area contributed by atoms with Crippen molar-refractivity contribution in [3.8, 4) is 23.0 Å². The summed E-state index contributed by atoms with van der Waals surface area (Å²) < 4.78 is 70.3. The van der Waals surface area contributed by atoms with Crippen LogP contribution in [0.15, 0.2) is 48.5 Å². The zero-order chi connectivity index (χ0) is 28.0. The number of halogens is 4. The Labute approximate surface area is 218 Å². The summed E-state index contributed by atoms with van der Waals surface area (Å²) in [5, 5.41) is 5.10. The van der Waals surface area contributed by atoms with Crippen molar-refractivity contribution in [2.24, 2.45) is 11.8 Å². The molecule has 0 aliphatic heterocycles. The van der Waals surface area contributed by atoms with Crippen molar-refractivity contribution in [2.45, 2.75) is 40.5 Å². The number of carbonyl (C=O) groups is 2. The second kappa shape index (κ2) is 12.4. The fraction of sp³-hybridized carbons (Fsp3) is 0.286. The minimum atomic E-state index is -1.84. The van der Waals surface area contributed by atoms with Gasteiger partial charge >= 0.3 is 0 Å². The molecule has 3 rings (SSSR count). The number of hydrogen-bond donors (Lipinski definition) is 2. The first kappa shape index (κ1) is 28.5. The van der Waals surface area contributed by atoms with Gasteiger partial charge in [0.15, 0.2) is 11.5 Å². The summed E-state index contributed by atoms with van der Waals surface area (Å²) in [5.41, 5.74) is 0.119. The highest BCUT2D eigenvalue weighted by Crippen LogP contribution is 2.41. The predicted molar refractivity (Wildman–Crippen MR) is 135 cm³/mol. The zero-order valence-corrected chi connectivity index (χ0v) is 21.3. The lowest BCUT2D eigenvalue weighted by Crippen LogP contribution is -2.15. The summed E-state index contributed by atoms with van der Waals surface area (Å²) >= 11 is 0. The third-order valence-corrected chi connectivity index (χ3v) is 5.12. The Balaban J connectivity index is 1.92. The summed E-state index contributed by atoms with van der Waals surface area (Å²) in [6.45, 7) is 7.33. The maximum absolute atomic E-state index is 15.0. The van der Waals surface area contributed by atoms with Crippen molar-refractivity contribution >= 4 is 23.2 Å². The normalized spacial score (nSPS) is 11.0. The standard InChI is InChI=1S/C28H28F4N2O4/c1-15(2)13-21(35)33-17-9-5-7-11-19(17)37-27-23(29)25(31)28(26(32)24(27)30)38-20-12-8-6-10-18(20)34-22(36)14-16(3)4/h5-12,15-16H,13-14H2,1-4H3,(H,33,35)(H,34,36). The molecule has 0 unspecified atom stereocenters. The second-order valence-electron chi connectivity index (χ2n) is 9.40. The van der Waals surface area contributed by atoms with Gasteiger partial charge in [0.2, 0.25) is 46.6 Å². The molecule has 2 N–H and O–H groups in total. The molecule has 38 heavy (non-hydrogen) atoms. The van der Waals surface area contributed by atoms with Crippen LogP contribution >= 0.6 is 0 Å². The average Bonchev–Trinajstić information content (AvgIpc) is 2.84. The largest absolute Gasteiger partial charge is 0.449 e. The molecule has 2 amide bonds. The van der Waals surface area contributed by atoms with Gasteiger partial charge in [-0.05, 0) is 36.1 Å². The average molecular weight is 533 g/mol. The van der Waals surface area contributed by atoms with Crippen LogP contribution in [0.25, 0.3) is 0 Å². The number of para-hydroxylation sites is 4. The first-order chi connectivity index (χ1) is 18.0. The van der Waals surface area contributed by atoms with Gasteiger partial charge in [-0.25, -0.2) is 0 Å². The van der Waals surface area contributed by atoms with Crippen LogP contribution in [0.2, 0.25) is 0 Å². The Kier molecular flexibility index (Phi) is 9.33. The Hall–Kier alpha value is -4.08. The highest BCUT2D eigenvalue weighted by molar-refractivity contribution is 5.93. The van der Waals surface area contributed by atoms with Gasteiger partial charge in [-0.3, -0.25) is 9.59 Å². The molecule has 0 saturated carbocycles. The minimum absolute atomic E-state index is 0.0439. The molecule has 0 aromatic heterocycles. The molecule has 0 atom stereocenters. The first-order valence-electron chi connectivity index (χ1n) is 12.0. The van der Waals surface area contributed by atoms with Crippen LogP contribution in [0.1, 0.15) is 40.5 Å². The van der Waals surface area contributed by atoms with Crippen molar-refractivity contribution in [2.75, 3.05) is 10.6 Å². The van der Waals surface area contributed by atoms with E-state index in [1.807, 2.05) is 27.7 Å². The van der Waals surface area contributed by atoms with Crippen molar-refractivity contribution in [1.29, 1.82) is 0 Å². The molecule has 0 saturated heterocycles. The van der Waals surface area contributed by atoms with Crippen LogP contribution < -0.4 is 20.1 Å². The summed E-state index contributed by atoms with van der Waals surface area (Å²) in [6, 6.07) is 11.4. The lowest BCUT2D eigenvalue weighted by molar-refractivity contribution is -0.117. The van der Waals surface area contributed by atoms with E-state index in [1.165, 1.54) is 36.4 Å². The molecular formula is C28H28F4N2O4. The van der Waals surface area contributed by atoms with Gasteiger partial charge in [-0.2, -0.15) is 17.6 Å². The summed E-state index contributed by atoms with van der Waals surface area (Å²) in [6.07, 6.45) is 0.345. The van der Waals surface area contributed by atoms with Gasteiger partial charge in [0.1, 0.15) is 0 Å². The number of anilines is 2. The molecule has 0 aliphatic carbocycles. The monoisotopic (exact) mass is 532 g/mol. The molecule has 3 aromatic rings. The maximum atomic E-state index is 15.0. The van der Waals surface area contributed by atoms with Crippen molar-refractivity contribution in [1.82, 2.24) is 0 Å². The lowest BCUT2D eigenvalue weighted by Gasteiger charge is -2.17. The number of benzene rings is 3.